The molecule has 0 saturated carbocycles. The fourth-order valence-electron chi connectivity index (χ4n) is 2.32. The van der Waals surface area contributed by atoms with Gasteiger partial charge in [0.05, 0.1) is 5.56 Å². The van der Waals surface area contributed by atoms with E-state index in [4.69, 9.17) is 0 Å². The van der Waals surface area contributed by atoms with Crippen LogP contribution in [0.15, 0.2) is 24.3 Å². The summed E-state index contributed by atoms with van der Waals surface area (Å²) in [6.45, 7) is 1.74. The fraction of sp³-hybridized carbons (Fsp3) is 0.357. The molecule has 3 rings (SSSR count). The van der Waals surface area contributed by atoms with Crippen molar-refractivity contribution in [3.63, 3.8) is 0 Å². The van der Waals surface area contributed by atoms with Crippen molar-refractivity contribution in [2.24, 2.45) is 0 Å². The third-order valence-electron chi connectivity index (χ3n) is 3.49. The highest BCUT2D eigenvalue weighted by Crippen LogP contribution is 2.39. The molecule has 0 amide bonds. The molecular weight excluding hydrogens is 329 g/mol. The molecule has 0 atom stereocenters. The second kappa shape index (κ2) is 6.25. The van der Waals surface area contributed by atoms with Crippen LogP contribution in [0.25, 0.3) is 0 Å². The van der Waals surface area contributed by atoms with E-state index in [0.29, 0.717) is 10.8 Å². The molecule has 0 radical (unpaired) electrons. The largest absolute Gasteiger partial charge is 0.502 e. The first-order valence-corrected chi connectivity index (χ1v) is 7.85. The van der Waals surface area contributed by atoms with Gasteiger partial charge in [-0.1, -0.05) is 6.07 Å². The van der Waals surface area contributed by atoms with Gasteiger partial charge < -0.3 is 10.4 Å². The monoisotopic (exact) mass is 344 g/mol. The summed E-state index contributed by atoms with van der Waals surface area (Å²) in [7, 11) is 0. The van der Waals surface area contributed by atoms with Crippen molar-refractivity contribution in [2.45, 2.75) is 19.0 Å². The van der Waals surface area contributed by atoms with Crippen molar-refractivity contribution in [2.75, 3.05) is 23.8 Å². The molecule has 0 spiro atoms. The molecule has 124 valence electrons. The molecule has 0 bridgehead atoms. The summed E-state index contributed by atoms with van der Waals surface area (Å²) < 4.78 is 42.2. The third kappa shape index (κ3) is 3.67. The Morgan fingerprint density at radius 2 is 1.96 bits per heavy atom. The van der Waals surface area contributed by atoms with Crippen LogP contribution < -0.4 is 10.7 Å². The minimum absolute atomic E-state index is 0.0979. The highest BCUT2D eigenvalue weighted by molar-refractivity contribution is 7.11. The van der Waals surface area contributed by atoms with Crippen molar-refractivity contribution in [3.8, 4) is 5.75 Å². The molecule has 5 nitrogen and oxygen atoms in total. The molecule has 1 aliphatic heterocycles. The molecule has 3 N–H and O–H groups in total. The van der Waals surface area contributed by atoms with E-state index in [-0.39, 0.29) is 11.4 Å². The Hall–Kier alpha value is -2.00. The summed E-state index contributed by atoms with van der Waals surface area (Å²) in [4.78, 5) is 0. The average Bonchev–Trinajstić information content (AvgIpc) is 3.12. The molecule has 1 fully saturated rings. The van der Waals surface area contributed by atoms with Gasteiger partial charge in [-0.15, -0.1) is 0 Å². The molecule has 0 unspecified atom stereocenters. The molecule has 9 heteroatoms. The first-order chi connectivity index (χ1) is 10.9. The minimum Gasteiger partial charge on any atom is -0.502 e. The third-order valence-corrected chi connectivity index (χ3v) is 4.24. The van der Waals surface area contributed by atoms with Crippen LogP contribution in [-0.2, 0) is 6.18 Å². The number of nitrogens with zero attached hydrogens (tertiary/aromatic N) is 2. The molecule has 2 aromatic rings. The lowest BCUT2D eigenvalue weighted by molar-refractivity contribution is -0.137. The fourth-order valence-corrected chi connectivity index (χ4v) is 2.98. The van der Waals surface area contributed by atoms with E-state index in [0.717, 1.165) is 49.6 Å². The number of anilines is 3. The van der Waals surface area contributed by atoms with Crippen LogP contribution in [-0.4, -0.2) is 27.6 Å². The van der Waals surface area contributed by atoms with Gasteiger partial charge in [0.25, 0.3) is 0 Å². The molecule has 2 heterocycles. The van der Waals surface area contributed by atoms with Gasteiger partial charge in [-0.25, -0.2) is 5.01 Å². The highest BCUT2D eigenvalue weighted by Gasteiger charge is 2.30. The predicted octanol–water partition coefficient (Wildman–Crippen LogP) is 4.03. The Balaban J connectivity index is 1.74. The molecule has 0 aliphatic carbocycles. The highest BCUT2D eigenvalue weighted by atomic mass is 32.1. The smallest absolute Gasteiger partial charge is 0.416 e. The number of hydrogen-bond donors (Lipinski definition) is 3. The van der Waals surface area contributed by atoms with Gasteiger partial charge in [0.15, 0.2) is 16.6 Å². The van der Waals surface area contributed by atoms with Crippen LogP contribution in [0.1, 0.15) is 18.4 Å². The van der Waals surface area contributed by atoms with Crippen molar-refractivity contribution in [1.82, 2.24) is 9.38 Å². The maximum absolute atomic E-state index is 12.7. The second-order valence-electron chi connectivity index (χ2n) is 5.22. The topological polar surface area (TPSA) is 60.4 Å². The molecule has 1 aliphatic rings. The van der Waals surface area contributed by atoms with Crippen molar-refractivity contribution < 1.29 is 18.3 Å². The van der Waals surface area contributed by atoms with Gasteiger partial charge in [-0.3, -0.25) is 5.43 Å². The van der Waals surface area contributed by atoms with Gasteiger partial charge >= 0.3 is 6.18 Å². The van der Waals surface area contributed by atoms with E-state index >= 15 is 0 Å². The number of hydrogen-bond acceptors (Lipinski definition) is 6. The predicted molar refractivity (Wildman–Crippen MR) is 82.9 cm³/mol. The van der Waals surface area contributed by atoms with Crippen molar-refractivity contribution in [3.05, 3.63) is 29.8 Å². The summed E-state index contributed by atoms with van der Waals surface area (Å²) in [6.07, 6.45) is -2.25. The van der Waals surface area contributed by atoms with Crippen molar-refractivity contribution in [1.29, 1.82) is 0 Å². The van der Waals surface area contributed by atoms with E-state index in [1.165, 1.54) is 12.1 Å². The number of nitrogens with one attached hydrogen (secondary N) is 2. The van der Waals surface area contributed by atoms with Gasteiger partial charge in [0.1, 0.15) is 0 Å². The zero-order valence-corrected chi connectivity index (χ0v) is 12.8. The number of alkyl halides is 3. The minimum atomic E-state index is -4.41. The Labute approximate surface area is 134 Å². The quantitative estimate of drug-likeness (QED) is 0.782. The molecule has 1 saturated heterocycles. The molecule has 23 heavy (non-hydrogen) atoms. The van der Waals surface area contributed by atoms with Crippen LogP contribution in [0, 0.1) is 0 Å². The average molecular weight is 344 g/mol. The Morgan fingerprint density at radius 3 is 2.65 bits per heavy atom. The molecule has 1 aromatic carbocycles. The maximum atomic E-state index is 12.7. The number of hydrazine groups is 1. The number of halogens is 3. The lowest BCUT2D eigenvalue weighted by atomic mass is 10.2. The van der Waals surface area contributed by atoms with Crippen molar-refractivity contribution >= 4 is 28.0 Å². The standard InChI is InChI=1S/C14H15F3N4OS/c15-14(16,17)9-4-3-5-10(8-9)18-13-11(22)12(20-23-13)19-21-6-1-2-7-21/h3-5,8,18,22H,1-2,6-7H2,(H,19,20). The Kier molecular flexibility index (Phi) is 4.31. The zero-order valence-electron chi connectivity index (χ0n) is 12.0. The van der Waals surface area contributed by atoms with E-state index < -0.39 is 11.7 Å². The molecule has 1 aromatic heterocycles. The zero-order chi connectivity index (χ0) is 16.4. The Bertz CT molecular complexity index is 683. The second-order valence-corrected chi connectivity index (χ2v) is 5.99. The van der Waals surface area contributed by atoms with Crippen LogP contribution >= 0.6 is 11.5 Å². The van der Waals surface area contributed by atoms with Gasteiger partial charge in [0.2, 0.25) is 0 Å². The Morgan fingerprint density at radius 1 is 1.22 bits per heavy atom. The van der Waals surface area contributed by atoms with Gasteiger partial charge in [-0.05, 0) is 42.6 Å². The van der Waals surface area contributed by atoms with Crippen LogP contribution in [0.5, 0.6) is 5.75 Å². The summed E-state index contributed by atoms with van der Waals surface area (Å²) in [5, 5.41) is 15.2. The maximum Gasteiger partial charge on any atom is 0.416 e. The van der Waals surface area contributed by atoms with E-state index in [1.807, 2.05) is 5.01 Å². The van der Waals surface area contributed by atoms with Gasteiger partial charge in [-0.2, -0.15) is 17.5 Å². The van der Waals surface area contributed by atoms with E-state index in [2.05, 4.69) is 15.1 Å². The lowest BCUT2D eigenvalue weighted by Gasteiger charge is -2.15. The summed E-state index contributed by atoms with van der Waals surface area (Å²) in [6, 6.07) is 4.80. The SMILES string of the molecule is Oc1c(NN2CCCC2)nsc1Nc1cccc(C(F)(F)F)c1. The van der Waals surface area contributed by atoms with E-state index in [1.54, 1.807) is 0 Å². The molecular formula is C14H15F3N4OS. The summed E-state index contributed by atoms with van der Waals surface area (Å²) in [5.74, 6) is 0.214. The number of aromatic hydroxyl groups is 1. The lowest BCUT2D eigenvalue weighted by Crippen LogP contribution is -2.26. The van der Waals surface area contributed by atoms with Crippen LogP contribution in [0.4, 0.5) is 29.7 Å². The van der Waals surface area contributed by atoms with Gasteiger partial charge in [0, 0.05) is 18.8 Å². The van der Waals surface area contributed by atoms with E-state index in [9.17, 15) is 18.3 Å². The van der Waals surface area contributed by atoms with Crippen LogP contribution in [0.3, 0.4) is 0 Å². The first kappa shape index (κ1) is 15.9. The summed E-state index contributed by atoms with van der Waals surface area (Å²) >= 11 is 0.986. The number of rotatable bonds is 4. The summed E-state index contributed by atoms with van der Waals surface area (Å²) in [5.41, 5.74) is 2.51. The first-order valence-electron chi connectivity index (χ1n) is 7.08. The number of aromatic nitrogens is 1. The normalized spacial score (nSPS) is 15.8. The number of benzene rings is 1. The van der Waals surface area contributed by atoms with Crippen LogP contribution in [0.2, 0.25) is 0 Å².